The Labute approximate surface area is 184 Å². The lowest BCUT2D eigenvalue weighted by Crippen LogP contribution is -2.23. The topological polar surface area (TPSA) is 108 Å². The van der Waals surface area contributed by atoms with E-state index in [4.69, 9.17) is 4.74 Å². The number of carbonyl (C=O) groups excluding carboxylic acids is 1. The van der Waals surface area contributed by atoms with Crippen molar-refractivity contribution in [2.75, 3.05) is 11.9 Å². The fourth-order valence-electron chi connectivity index (χ4n) is 2.80. The van der Waals surface area contributed by atoms with Gasteiger partial charge >= 0.3 is 0 Å². The van der Waals surface area contributed by atoms with Gasteiger partial charge in [0.1, 0.15) is 17.4 Å². The molecule has 0 fully saturated rings. The van der Waals surface area contributed by atoms with Crippen LogP contribution in [0.1, 0.15) is 25.0 Å². The number of carbonyl (C=O) groups is 1. The highest BCUT2D eigenvalue weighted by Gasteiger charge is 2.19. The normalized spacial score (nSPS) is 11.4. The summed E-state index contributed by atoms with van der Waals surface area (Å²) >= 11 is 1.11. The van der Waals surface area contributed by atoms with Gasteiger partial charge in [-0.1, -0.05) is 41.6 Å². The van der Waals surface area contributed by atoms with Crippen LogP contribution in [0.4, 0.5) is 5.69 Å². The van der Waals surface area contributed by atoms with Gasteiger partial charge in [-0.3, -0.25) is 9.59 Å². The van der Waals surface area contributed by atoms with Crippen molar-refractivity contribution in [1.29, 1.82) is 5.26 Å². The zero-order valence-electron chi connectivity index (χ0n) is 17.4. The molecule has 0 aliphatic heterocycles. The van der Waals surface area contributed by atoms with Gasteiger partial charge in [-0.2, -0.15) is 5.26 Å². The minimum atomic E-state index is -0.534. The number of H-pyrrole nitrogens is 1. The molecule has 3 aromatic rings. The van der Waals surface area contributed by atoms with Gasteiger partial charge in [-0.05, 0) is 45.0 Å². The van der Waals surface area contributed by atoms with Gasteiger partial charge in [-0.25, -0.2) is 4.98 Å². The molecule has 0 spiro atoms. The van der Waals surface area contributed by atoms with Crippen LogP contribution in [-0.2, 0) is 4.79 Å². The predicted molar refractivity (Wildman–Crippen MR) is 121 cm³/mol. The molecule has 31 heavy (non-hydrogen) atoms. The number of aryl methyl sites for hydroxylation is 1. The quantitative estimate of drug-likeness (QED) is 0.427. The number of thioether (sulfide) groups is 1. The molecule has 0 unspecified atom stereocenters. The summed E-state index contributed by atoms with van der Waals surface area (Å²) in [6, 6.07) is 16.4. The van der Waals surface area contributed by atoms with Crippen LogP contribution in [0.3, 0.4) is 0 Å². The van der Waals surface area contributed by atoms with Crippen LogP contribution in [0.15, 0.2) is 58.5 Å². The molecule has 0 saturated carbocycles. The summed E-state index contributed by atoms with van der Waals surface area (Å²) < 4.78 is 5.39. The van der Waals surface area contributed by atoms with E-state index in [9.17, 15) is 14.9 Å². The largest absolute Gasteiger partial charge is 0.494 e. The zero-order valence-corrected chi connectivity index (χ0v) is 18.2. The number of aromatic amines is 1. The molecule has 0 bridgehead atoms. The second-order valence-corrected chi connectivity index (χ2v) is 8.11. The van der Waals surface area contributed by atoms with Crippen molar-refractivity contribution >= 4 is 23.4 Å². The second-order valence-electron chi connectivity index (χ2n) is 6.78. The van der Waals surface area contributed by atoms with Crippen molar-refractivity contribution in [2.45, 2.75) is 31.2 Å². The Morgan fingerprint density at radius 1 is 1.23 bits per heavy atom. The van der Waals surface area contributed by atoms with E-state index < -0.39 is 10.8 Å². The molecule has 3 rings (SSSR count). The molecule has 1 amide bonds. The number of nitrogens with one attached hydrogen (secondary N) is 2. The maximum absolute atomic E-state index is 12.6. The number of nitriles is 1. The lowest BCUT2D eigenvalue weighted by atomic mass is 10.1. The van der Waals surface area contributed by atoms with E-state index in [0.29, 0.717) is 23.6 Å². The third-order valence-electron chi connectivity index (χ3n) is 4.42. The van der Waals surface area contributed by atoms with E-state index in [-0.39, 0.29) is 16.6 Å². The van der Waals surface area contributed by atoms with Gasteiger partial charge in [-0.15, -0.1) is 0 Å². The molecule has 0 saturated heterocycles. The monoisotopic (exact) mass is 434 g/mol. The summed E-state index contributed by atoms with van der Waals surface area (Å²) in [4.78, 5) is 32.1. The molecule has 2 aromatic carbocycles. The van der Waals surface area contributed by atoms with Crippen LogP contribution in [0.25, 0.3) is 11.3 Å². The first-order valence-electron chi connectivity index (χ1n) is 9.73. The van der Waals surface area contributed by atoms with E-state index in [1.165, 1.54) is 0 Å². The predicted octanol–water partition coefficient (Wildman–Crippen LogP) is 4.14. The van der Waals surface area contributed by atoms with Crippen molar-refractivity contribution in [2.24, 2.45) is 0 Å². The highest BCUT2D eigenvalue weighted by molar-refractivity contribution is 8.00. The number of hydrogen-bond acceptors (Lipinski definition) is 6. The first-order chi connectivity index (χ1) is 14.9. The summed E-state index contributed by atoms with van der Waals surface area (Å²) in [7, 11) is 0. The van der Waals surface area contributed by atoms with Gasteiger partial charge in [0.2, 0.25) is 5.91 Å². The number of anilines is 1. The Balaban J connectivity index is 1.78. The van der Waals surface area contributed by atoms with Crippen LogP contribution < -0.4 is 15.6 Å². The van der Waals surface area contributed by atoms with Gasteiger partial charge in [0, 0.05) is 11.3 Å². The van der Waals surface area contributed by atoms with E-state index in [0.717, 1.165) is 23.1 Å². The highest BCUT2D eigenvalue weighted by atomic mass is 32.2. The first kappa shape index (κ1) is 22.1. The van der Waals surface area contributed by atoms with Crippen molar-refractivity contribution in [3.63, 3.8) is 0 Å². The lowest BCUT2D eigenvalue weighted by Gasteiger charge is -2.13. The number of hydrogen-bond donors (Lipinski definition) is 2. The van der Waals surface area contributed by atoms with Crippen LogP contribution >= 0.6 is 11.8 Å². The molecule has 0 aliphatic carbocycles. The molecule has 0 radical (unpaired) electrons. The molecule has 7 nitrogen and oxygen atoms in total. The summed E-state index contributed by atoms with van der Waals surface area (Å²) in [5, 5.41) is 12.0. The van der Waals surface area contributed by atoms with E-state index in [2.05, 4.69) is 15.3 Å². The van der Waals surface area contributed by atoms with Gasteiger partial charge in [0.25, 0.3) is 5.56 Å². The Morgan fingerprint density at radius 2 is 1.90 bits per heavy atom. The van der Waals surface area contributed by atoms with E-state index in [1.807, 2.05) is 44.2 Å². The minimum Gasteiger partial charge on any atom is -0.494 e. The summed E-state index contributed by atoms with van der Waals surface area (Å²) in [5.74, 6) is 0.490. The standard InChI is InChI=1S/C23H22N4O3S/c1-4-30-18-11-9-17(10-12-18)25-21(28)15(3)31-23-26-20(19(13-24)22(29)27-23)16-7-5-14(2)6-8-16/h5-12,15H,4H2,1-3H3,(H,25,28)(H,26,27,29)/t15-/m0/s1. The number of aromatic nitrogens is 2. The number of amides is 1. The fourth-order valence-corrected chi connectivity index (χ4v) is 3.59. The molecule has 158 valence electrons. The third kappa shape index (κ3) is 5.53. The van der Waals surface area contributed by atoms with E-state index in [1.54, 1.807) is 31.2 Å². The Kier molecular flexibility index (Phi) is 7.11. The third-order valence-corrected chi connectivity index (χ3v) is 5.41. The molecular formula is C23H22N4O3S. The Morgan fingerprint density at radius 3 is 2.52 bits per heavy atom. The molecule has 2 N–H and O–H groups in total. The van der Waals surface area contributed by atoms with Crippen LogP contribution in [0, 0.1) is 18.3 Å². The van der Waals surface area contributed by atoms with Gasteiger partial charge in [0.15, 0.2) is 5.16 Å². The summed E-state index contributed by atoms with van der Waals surface area (Å²) in [5.41, 5.74) is 2.08. The molecule has 1 heterocycles. The maximum Gasteiger partial charge on any atom is 0.270 e. The summed E-state index contributed by atoms with van der Waals surface area (Å²) in [6.07, 6.45) is 0. The fraction of sp³-hybridized carbons (Fsp3) is 0.217. The number of nitrogens with zero attached hydrogens (tertiary/aromatic N) is 2. The van der Waals surface area contributed by atoms with Crippen LogP contribution in [0.5, 0.6) is 5.75 Å². The lowest BCUT2D eigenvalue weighted by molar-refractivity contribution is -0.115. The SMILES string of the molecule is CCOc1ccc(NC(=O)[C@H](C)Sc2nc(-c3ccc(C)cc3)c(C#N)c(=O)[nH]2)cc1. The van der Waals surface area contributed by atoms with E-state index >= 15 is 0 Å². The van der Waals surface area contributed by atoms with Crippen LogP contribution in [0.2, 0.25) is 0 Å². The second kappa shape index (κ2) is 9.96. The molecular weight excluding hydrogens is 412 g/mol. The smallest absolute Gasteiger partial charge is 0.270 e. The molecule has 0 aliphatic rings. The van der Waals surface area contributed by atoms with Crippen molar-refractivity contribution in [3.8, 4) is 23.1 Å². The molecule has 1 atom stereocenters. The highest BCUT2D eigenvalue weighted by Crippen LogP contribution is 2.25. The number of benzene rings is 2. The zero-order chi connectivity index (χ0) is 22.4. The number of ether oxygens (including phenoxy) is 1. The summed E-state index contributed by atoms with van der Waals surface area (Å²) in [6.45, 7) is 6.14. The average Bonchev–Trinajstić information content (AvgIpc) is 2.75. The number of rotatable bonds is 7. The van der Waals surface area contributed by atoms with Crippen molar-refractivity contribution in [3.05, 3.63) is 70.0 Å². The molecule has 8 heteroatoms. The van der Waals surface area contributed by atoms with Crippen LogP contribution in [-0.4, -0.2) is 27.7 Å². The first-order valence-corrected chi connectivity index (χ1v) is 10.6. The molecule has 1 aromatic heterocycles. The van der Waals surface area contributed by atoms with Crippen molar-refractivity contribution < 1.29 is 9.53 Å². The van der Waals surface area contributed by atoms with Gasteiger partial charge in [0.05, 0.1) is 17.6 Å². The maximum atomic E-state index is 12.6. The minimum absolute atomic E-state index is 0.0558. The Hall–Kier alpha value is -3.57. The Bertz CT molecular complexity index is 1170. The average molecular weight is 435 g/mol. The van der Waals surface area contributed by atoms with Gasteiger partial charge < -0.3 is 15.0 Å². The van der Waals surface area contributed by atoms with Crippen molar-refractivity contribution in [1.82, 2.24) is 9.97 Å².